The molecule has 0 aliphatic heterocycles. The van der Waals surface area contributed by atoms with Crippen molar-refractivity contribution in [1.29, 1.82) is 0 Å². The lowest BCUT2D eigenvalue weighted by atomic mass is 10.4. The number of thioether (sulfide) groups is 1. The number of rotatable bonds is 6. The molecule has 108 valence electrons. The van der Waals surface area contributed by atoms with Crippen molar-refractivity contribution in [1.82, 2.24) is 15.0 Å². The highest BCUT2D eigenvalue weighted by atomic mass is 32.2. The molecule has 20 heavy (non-hydrogen) atoms. The fourth-order valence-corrected chi connectivity index (χ4v) is 3.25. The van der Waals surface area contributed by atoms with Gasteiger partial charge in [-0.1, -0.05) is 11.8 Å². The molecule has 6 nitrogen and oxygen atoms in total. The van der Waals surface area contributed by atoms with Crippen LogP contribution in [0.5, 0.6) is 0 Å². The van der Waals surface area contributed by atoms with Crippen LogP contribution in [0.2, 0.25) is 0 Å². The van der Waals surface area contributed by atoms with Crippen LogP contribution in [-0.2, 0) is 10.5 Å². The third-order valence-corrected chi connectivity index (χ3v) is 4.36. The van der Waals surface area contributed by atoms with Crippen molar-refractivity contribution in [3.63, 3.8) is 0 Å². The Morgan fingerprint density at radius 2 is 2.00 bits per heavy atom. The van der Waals surface area contributed by atoms with Gasteiger partial charge in [-0.15, -0.1) is 11.3 Å². The van der Waals surface area contributed by atoms with Gasteiger partial charge in [-0.3, -0.25) is 0 Å². The van der Waals surface area contributed by atoms with E-state index in [9.17, 15) is 0 Å². The Bertz CT molecular complexity index is 554. The number of thiazole rings is 1. The lowest BCUT2D eigenvalue weighted by molar-refractivity contribution is 0.0761. The van der Waals surface area contributed by atoms with Crippen molar-refractivity contribution < 1.29 is 4.74 Å². The van der Waals surface area contributed by atoms with Crippen LogP contribution in [0.3, 0.4) is 0 Å². The predicted molar refractivity (Wildman–Crippen MR) is 82.6 cm³/mol. The van der Waals surface area contributed by atoms with Gasteiger partial charge in [0.2, 0.25) is 0 Å². The Kier molecular flexibility index (Phi) is 5.16. The standard InChI is InChI=1S/C12H17N5OS2/c1-3-18-7(2)11-15-8(5-19-11)6-20-12-16-9(13)4-10(14)17-12/h4-5,7H,3,6H2,1-2H3,(H4,13,14,16,17)/t7-/m1/s1. The van der Waals surface area contributed by atoms with Crippen molar-refractivity contribution in [2.75, 3.05) is 18.1 Å². The smallest absolute Gasteiger partial charge is 0.191 e. The molecule has 0 saturated carbocycles. The highest BCUT2D eigenvalue weighted by molar-refractivity contribution is 7.98. The van der Waals surface area contributed by atoms with Gasteiger partial charge in [0.05, 0.1) is 5.69 Å². The van der Waals surface area contributed by atoms with E-state index in [1.165, 1.54) is 17.8 Å². The fourth-order valence-electron chi connectivity index (χ4n) is 1.56. The van der Waals surface area contributed by atoms with Crippen LogP contribution in [0.1, 0.15) is 30.7 Å². The summed E-state index contributed by atoms with van der Waals surface area (Å²) >= 11 is 3.06. The average Bonchev–Trinajstić information content (AvgIpc) is 2.84. The van der Waals surface area contributed by atoms with E-state index in [0.29, 0.717) is 29.2 Å². The molecule has 0 aromatic carbocycles. The Balaban J connectivity index is 1.97. The zero-order chi connectivity index (χ0) is 14.5. The van der Waals surface area contributed by atoms with Gasteiger partial charge in [0.25, 0.3) is 0 Å². The minimum Gasteiger partial charge on any atom is -0.383 e. The van der Waals surface area contributed by atoms with Crippen LogP contribution in [0.15, 0.2) is 16.6 Å². The summed E-state index contributed by atoms with van der Waals surface area (Å²) in [5.74, 6) is 1.44. The monoisotopic (exact) mass is 311 g/mol. The first kappa shape index (κ1) is 15.0. The summed E-state index contributed by atoms with van der Waals surface area (Å²) in [6.45, 7) is 4.66. The molecule has 4 N–H and O–H groups in total. The number of nitrogen functional groups attached to an aromatic ring is 2. The van der Waals surface area contributed by atoms with Crippen LogP contribution in [-0.4, -0.2) is 21.6 Å². The summed E-state index contributed by atoms with van der Waals surface area (Å²) < 4.78 is 5.52. The summed E-state index contributed by atoms with van der Waals surface area (Å²) in [6.07, 6.45) is 0.0306. The zero-order valence-corrected chi connectivity index (χ0v) is 13.0. The minimum absolute atomic E-state index is 0.0306. The van der Waals surface area contributed by atoms with Gasteiger partial charge < -0.3 is 16.2 Å². The number of hydrogen-bond donors (Lipinski definition) is 2. The molecule has 0 bridgehead atoms. The molecule has 0 radical (unpaired) electrons. The van der Waals surface area contributed by atoms with Gasteiger partial charge in [0, 0.05) is 23.8 Å². The van der Waals surface area contributed by atoms with Crippen molar-refractivity contribution in [2.24, 2.45) is 0 Å². The van der Waals surface area contributed by atoms with E-state index in [2.05, 4.69) is 15.0 Å². The van der Waals surface area contributed by atoms with Crippen molar-refractivity contribution in [3.8, 4) is 0 Å². The molecule has 0 aliphatic rings. The lowest BCUT2D eigenvalue weighted by Gasteiger charge is -2.06. The maximum Gasteiger partial charge on any atom is 0.191 e. The summed E-state index contributed by atoms with van der Waals surface area (Å²) in [5.41, 5.74) is 12.2. The zero-order valence-electron chi connectivity index (χ0n) is 11.4. The molecule has 2 aromatic rings. The quantitative estimate of drug-likeness (QED) is 0.624. The Morgan fingerprint density at radius 1 is 1.30 bits per heavy atom. The van der Waals surface area contributed by atoms with Crippen LogP contribution in [0.25, 0.3) is 0 Å². The minimum atomic E-state index is 0.0306. The second kappa shape index (κ2) is 6.87. The number of ether oxygens (including phenoxy) is 1. The van der Waals surface area contributed by atoms with E-state index < -0.39 is 0 Å². The van der Waals surface area contributed by atoms with Crippen LogP contribution < -0.4 is 11.5 Å². The third-order valence-electron chi connectivity index (χ3n) is 2.43. The fraction of sp³-hybridized carbons (Fsp3) is 0.417. The number of anilines is 2. The van der Waals surface area contributed by atoms with E-state index in [4.69, 9.17) is 16.2 Å². The molecule has 8 heteroatoms. The van der Waals surface area contributed by atoms with Gasteiger partial charge in [0.15, 0.2) is 5.16 Å². The highest BCUT2D eigenvalue weighted by Crippen LogP contribution is 2.25. The molecule has 1 atom stereocenters. The summed E-state index contributed by atoms with van der Waals surface area (Å²) in [7, 11) is 0. The molecular formula is C12H17N5OS2. The summed E-state index contributed by atoms with van der Waals surface area (Å²) in [5, 5.41) is 3.57. The maximum atomic E-state index is 5.63. The molecule has 0 amide bonds. The first-order valence-corrected chi connectivity index (χ1v) is 8.03. The number of nitrogens with two attached hydrogens (primary N) is 2. The van der Waals surface area contributed by atoms with Gasteiger partial charge in [-0.05, 0) is 13.8 Å². The maximum absolute atomic E-state index is 5.63. The summed E-state index contributed by atoms with van der Waals surface area (Å²) in [6, 6.07) is 1.54. The molecule has 0 spiro atoms. The van der Waals surface area contributed by atoms with E-state index >= 15 is 0 Å². The Morgan fingerprint density at radius 3 is 2.65 bits per heavy atom. The molecule has 2 heterocycles. The lowest BCUT2D eigenvalue weighted by Crippen LogP contribution is -2.00. The van der Waals surface area contributed by atoms with Gasteiger partial charge in [0.1, 0.15) is 22.7 Å². The molecular weight excluding hydrogens is 294 g/mol. The van der Waals surface area contributed by atoms with E-state index in [1.807, 2.05) is 19.2 Å². The largest absolute Gasteiger partial charge is 0.383 e. The van der Waals surface area contributed by atoms with Gasteiger partial charge >= 0.3 is 0 Å². The van der Waals surface area contributed by atoms with Gasteiger partial charge in [-0.2, -0.15) is 0 Å². The molecule has 0 saturated heterocycles. The second-order valence-electron chi connectivity index (χ2n) is 4.06. The molecule has 0 fully saturated rings. The number of aromatic nitrogens is 3. The van der Waals surface area contributed by atoms with E-state index in [0.717, 1.165) is 10.7 Å². The van der Waals surface area contributed by atoms with E-state index in [-0.39, 0.29) is 6.10 Å². The van der Waals surface area contributed by atoms with Crippen molar-refractivity contribution in [3.05, 3.63) is 22.1 Å². The molecule has 0 aliphatic carbocycles. The normalized spacial score (nSPS) is 12.5. The number of hydrogen-bond acceptors (Lipinski definition) is 8. The third kappa shape index (κ3) is 4.06. The Hall–Kier alpha value is -1.38. The van der Waals surface area contributed by atoms with E-state index in [1.54, 1.807) is 11.3 Å². The van der Waals surface area contributed by atoms with Crippen molar-refractivity contribution in [2.45, 2.75) is 30.9 Å². The first-order chi connectivity index (χ1) is 9.58. The average molecular weight is 311 g/mol. The second-order valence-corrected chi connectivity index (χ2v) is 5.90. The molecule has 2 rings (SSSR count). The molecule has 0 unspecified atom stereocenters. The van der Waals surface area contributed by atoms with Crippen LogP contribution in [0.4, 0.5) is 11.6 Å². The van der Waals surface area contributed by atoms with Gasteiger partial charge in [-0.25, -0.2) is 15.0 Å². The van der Waals surface area contributed by atoms with Crippen LogP contribution in [0, 0.1) is 0 Å². The number of nitrogens with zero attached hydrogens (tertiary/aromatic N) is 3. The highest BCUT2D eigenvalue weighted by Gasteiger charge is 2.11. The van der Waals surface area contributed by atoms with Crippen molar-refractivity contribution >= 4 is 34.7 Å². The summed E-state index contributed by atoms with van der Waals surface area (Å²) in [4.78, 5) is 12.8. The first-order valence-electron chi connectivity index (χ1n) is 6.17. The SMILES string of the molecule is CCO[C@H](C)c1nc(CSc2nc(N)cc(N)n2)cs1. The predicted octanol–water partition coefficient (Wildman–Crippen LogP) is 2.49. The Labute approximate surface area is 126 Å². The van der Waals surface area contributed by atoms with Crippen LogP contribution >= 0.6 is 23.1 Å². The molecule has 2 aromatic heterocycles. The topological polar surface area (TPSA) is 99.9 Å².